The zero-order valence-corrected chi connectivity index (χ0v) is 71.7. The third-order valence-corrected chi connectivity index (χ3v) is 22.6. The minimum Gasteiger partial charge on any atom is -0.479 e. The molecule has 630 valence electrons. The van der Waals surface area contributed by atoms with Gasteiger partial charge in [0.2, 0.25) is 0 Å². The van der Waals surface area contributed by atoms with Crippen molar-refractivity contribution in [3.05, 3.63) is 284 Å². The highest BCUT2D eigenvalue weighted by Gasteiger charge is 2.53. The van der Waals surface area contributed by atoms with Crippen molar-refractivity contribution in [3.63, 3.8) is 0 Å². The molecule has 9 atom stereocenters. The smallest absolute Gasteiger partial charge is 0.336 e. The molecule has 0 aliphatic carbocycles. The second-order valence-electron chi connectivity index (χ2n) is 31.4. The second-order valence-corrected chi connectivity index (χ2v) is 32.7. The fraction of sp³-hybridized carbons (Fsp3) is 0.375. The van der Waals surface area contributed by atoms with Crippen LogP contribution in [0.15, 0.2) is 218 Å². The van der Waals surface area contributed by atoms with E-state index < -0.39 is 66.0 Å². The maximum Gasteiger partial charge on any atom is 0.336 e. The monoisotopic (exact) mass is 1690 g/mol. The quantitative estimate of drug-likeness (QED) is 0.0329. The lowest BCUT2D eigenvalue weighted by molar-refractivity contribution is -0.167. The summed E-state index contributed by atoms with van der Waals surface area (Å²) in [7, 11) is 0. The highest BCUT2D eigenvalue weighted by Crippen LogP contribution is 2.41. The van der Waals surface area contributed by atoms with Crippen LogP contribution in [0.4, 0.5) is 0 Å². The number of benzene rings is 9. The van der Waals surface area contributed by atoms with E-state index in [4.69, 9.17) is 59.5 Å². The van der Waals surface area contributed by atoms with Crippen LogP contribution in [0.3, 0.4) is 0 Å². The summed E-state index contributed by atoms with van der Waals surface area (Å²) in [6.07, 6.45) is 3.13. The molecule has 0 saturated carbocycles. The Morgan fingerprint density at radius 2 is 0.773 bits per heavy atom. The lowest BCUT2D eigenvalue weighted by Gasteiger charge is -2.28. The van der Waals surface area contributed by atoms with E-state index in [2.05, 4.69) is 128 Å². The van der Waals surface area contributed by atoms with Crippen molar-refractivity contribution in [2.24, 2.45) is 5.73 Å². The Bertz CT molecular complexity index is 4900. The van der Waals surface area contributed by atoms with Gasteiger partial charge in [-0.2, -0.15) is 0 Å². The first-order chi connectivity index (χ1) is 56.8. The fourth-order valence-electron chi connectivity index (χ4n) is 16.2. The molecular weight excluding hydrogens is 1590 g/mol. The van der Waals surface area contributed by atoms with Gasteiger partial charge in [-0.3, -0.25) is 24.0 Å². The summed E-state index contributed by atoms with van der Waals surface area (Å²) >= 11 is 18.4. The summed E-state index contributed by atoms with van der Waals surface area (Å²) in [4.78, 5) is 82.0. The number of carboxylic acid groups (broad SMARTS) is 1. The van der Waals surface area contributed by atoms with Crippen molar-refractivity contribution in [1.29, 1.82) is 0 Å². The van der Waals surface area contributed by atoms with Crippen molar-refractivity contribution in [2.45, 2.75) is 211 Å². The Morgan fingerprint density at radius 1 is 0.437 bits per heavy atom. The summed E-state index contributed by atoms with van der Waals surface area (Å²) in [5.41, 5.74) is 22.8. The summed E-state index contributed by atoms with van der Waals surface area (Å²) < 4.78 is 22.9. The van der Waals surface area contributed by atoms with Gasteiger partial charge in [0, 0.05) is 54.3 Å². The first-order valence-corrected chi connectivity index (χ1v) is 42.2. The minimum absolute atomic E-state index is 0. The van der Waals surface area contributed by atoms with E-state index in [9.17, 15) is 44.1 Å². The first kappa shape index (κ1) is 92.0. The highest BCUT2D eigenvalue weighted by atomic mass is 35.5. The summed E-state index contributed by atoms with van der Waals surface area (Å²) in [5, 5.41) is 37.7. The van der Waals surface area contributed by atoms with Crippen molar-refractivity contribution in [3.8, 4) is 33.4 Å². The number of rotatable bonds is 24. The summed E-state index contributed by atoms with van der Waals surface area (Å²) in [6.45, 7) is 15.9. The number of aliphatic carboxylic acids is 1. The number of nitrogens with two attached hydrogens (primary N) is 1. The topological polar surface area (TPSA) is 260 Å². The van der Waals surface area contributed by atoms with Gasteiger partial charge in [-0.05, 0) is 205 Å². The Hall–Kier alpha value is -9.32. The van der Waals surface area contributed by atoms with Crippen LogP contribution in [0.2, 0.25) is 15.1 Å². The van der Waals surface area contributed by atoms with Crippen molar-refractivity contribution in [1.82, 2.24) is 25.3 Å². The number of carbonyl (C=O) groups is 6. The van der Waals surface area contributed by atoms with Gasteiger partial charge in [0.15, 0.2) is 48.2 Å². The second kappa shape index (κ2) is 43.3. The predicted molar refractivity (Wildman–Crippen MR) is 469 cm³/mol. The summed E-state index contributed by atoms with van der Waals surface area (Å²) in [6, 6.07) is 71.8. The summed E-state index contributed by atoms with van der Waals surface area (Å²) in [5.74, 6) is -5.76. The number of ether oxygens (including phenoxy) is 4. The lowest BCUT2D eigenvalue weighted by Crippen LogP contribution is -2.50. The normalized spacial score (nSPS) is 19.9. The van der Waals surface area contributed by atoms with Crippen molar-refractivity contribution < 1.29 is 63.0 Å². The van der Waals surface area contributed by atoms with E-state index in [-0.39, 0.29) is 54.8 Å². The molecule has 14 rings (SSSR count). The molecule has 119 heavy (non-hydrogen) atoms. The number of likely N-dealkylation sites (tertiary alicyclic amines) is 3. The van der Waals surface area contributed by atoms with Crippen LogP contribution in [0, 0.1) is 0 Å². The molecule has 0 radical (unpaired) electrons. The molecule has 5 fully saturated rings. The van der Waals surface area contributed by atoms with Crippen LogP contribution in [0.1, 0.15) is 174 Å². The van der Waals surface area contributed by atoms with Crippen LogP contribution in [0.5, 0.6) is 0 Å². The average Bonchev–Trinajstić information content (AvgIpc) is 1.64. The number of carboxylic acids is 1. The highest BCUT2D eigenvalue weighted by molar-refractivity contribution is 6.31. The molecular formula is C96H110Cl4N6O13. The molecule has 19 nitrogen and oxygen atoms in total. The van der Waals surface area contributed by atoms with Gasteiger partial charge >= 0.3 is 5.97 Å². The first-order valence-electron chi connectivity index (χ1n) is 41.0. The molecule has 5 aliphatic rings. The molecule has 0 bridgehead atoms. The van der Waals surface area contributed by atoms with Gasteiger partial charge in [0.05, 0.1) is 18.1 Å². The molecule has 0 aromatic heterocycles. The predicted octanol–water partition coefficient (Wildman–Crippen LogP) is 17.9. The van der Waals surface area contributed by atoms with E-state index in [0.717, 1.165) is 110 Å². The Morgan fingerprint density at radius 3 is 1.14 bits per heavy atom. The number of hydrogen-bond acceptors (Lipinski definition) is 13. The van der Waals surface area contributed by atoms with Crippen LogP contribution in [-0.4, -0.2) is 133 Å². The van der Waals surface area contributed by atoms with Crippen LogP contribution < -0.4 is 16.4 Å². The molecule has 23 heteroatoms. The Balaban J connectivity index is 0.000000174. The van der Waals surface area contributed by atoms with E-state index >= 15 is 0 Å². The zero-order chi connectivity index (χ0) is 84.2. The number of carbonyl (C=O) groups excluding carboxylic acids is 5. The fourth-order valence-corrected chi connectivity index (χ4v) is 16.8. The van der Waals surface area contributed by atoms with E-state index in [1.807, 2.05) is 103 Å². The van der Waals surface area contributed by atoms with Gasteiger partial charge in [-0.1, -0.05) is 257 Å². The molecule has 5 aliphatic heterocycles. The Labute approximate surface area is 720 Å². The van der Waals surface area contributed by atoms with Crippen LogP contribution in [-0.2, 0) is 86.6 Å². The molecule has 9 aromatic rings. The molecule has 5 saturated heterocycles. The largest absolute Gasteiger partial charge is 0.479 e. The molecule has 9 aromatic carbocycles. The van der Waals surface area contributed by atoms with Gasteiger partial charge in [-0.15, -0.1) is 12.4 Å². The third kappa shape index (κ3) is 24.1. The van der Waals surface area contributed by atoms with Gasteiger partial charge in [0.25, 0.3) is 29.5 Å². The maximum absolute atomic E-state index is 13.7. The molecule has 0 unspecified atom stereocenters. The molecule has 0 spiro atoms. The van der Waals surface area contributed by atoms with E-state index in [1.54, 1.807) is 55.7 Å². The average molecular weight is 1700 g/mol. The standard InChI is InChI=1S/C33H37ClN2O4.C30H33ClN2O4.C17H20ClNO5.C16H19N.ClH/c1-4-9-23-10-5-6-13-27(23)24-17-15-22(16-18-24)21-35-31(37)29-30(40-33(2,3)39-29)32(38)36-19-8-14-28(36)25-11-7-12-26(34)20-25;1-2-7-21-8-3-4-11-25(21)22-15-13-20(14-16-22)19-32-29(36)27(34)28(35)30(37)33-17-6-12-26(33)23-9-5-10-24(31)18-23;1-17(2)23-13(14(24-17)16(21)22)15(20)19-8-4-7-12(19)10-5-3-6-11(18)9-10;1-2-5-14-6-3-4-7-16(14)15-10-8-13(12-17)9-11-15;/h5-7,10-13,15-18,20,28-30H,4,8-9,14,19,21H2,1-3H3,(H,35,37);3-5,8-11,13-16,18,26-28,34-35H,2,6-7,12,17,19H2,1H3,(H,32,36);3,5-6,9,12-14H,4,7-8H2,1-2H3,(H,21,22);3-4,6-11H,2,5,12,17H2,1H3;1H/t28-,29-,30-;26-,27-,28-;12-,13-,14-;;/m111../s1. The van der Waals surface area contributed by atoms with Crippen LogP contribution in [0.25, 0.3) is 33.4 Å². The molecule has 5 amide bonds. The number of halogens is 4. The molecule has 7 N–H and O–H groups in total. The van der Waals surface area contributed by atoms with Crippen LogP contribution >= 0.6 is 47.2 Å². The van der Waals surface area contributed by atoms with Gasteiger partial charge in [-0.25, -0.2) is 4.79 Å². The SMILES string of the molecule is CC1(C)O[C@@H](C(=O)O)[C@H](C(=O)N2CCC[C@@H]2c2cccc(Cl)c2)O1.CCCc1ccccc1-c1ccc(CN)cc1.CCCc1ccccc1-c1ccc(CNC(=O)[C@@H]2OC(C)(C)O[C@H]2C(=O)N2CCC[C@@H]2c2cccc(Cl)c2)cc1.CCCc1ccccc1-c1ccc(CNC(=O)[C@H](O)[C@@H](O)C(=O)N2CCC[C@@H]2c2cccc(Cl)c2)cc1.Cl. The zero-order valence-electron chi connectivity index (χ0n) is 68.6. The number of nitrogens with one attached hydrogen (secondary N) is 2. The number of aliphatic hydroxyl groups excluding tert-OH is 2. The van der Waals surface area contributed by atoms with E-state index in [0.29, 0.717) is 47.8 Å². The minimum atomic E-state index is -1.87. The van der Waals surface area contributed by atoms with E-state index in [1.165, 1.54) is 55.8 Å². The Kier molecular flexibility index (Phi) is 33.4. The van der Waals surface area contributed by atoms with Gasteiger partial charge < -0.3 is 65.3 Å². The van der Waals surface area contributed by atoms with Gasteiger partial charge in [0.1, 0.15) is 0 Å². The number of aliphatic hydroxyl groups is 2. The number of hydrogen-bond donors (Lipinski definition) is 6. The maximum atomic E-state index is 13.7. The number of aryl methyl sites for hydroxylation is 3. The molecule has 5 heterocycles. The van der Waals surface area contributed by atoms with Crippen molar-refractivity contribution >= 4 is 82.7 Å². The third-order valence-electron chi connectivity index (χ3n) is 21.9. The number of nitrogens with zero attached hydrogens (tertiary/aromatic N) is 3. The lowest BCUT2D eigenvalue weighted by atomic mass is 9.96. The van der Waals surface area contributed by atoms with Crippen molar-refractivity contribution in [2.75, 3.05) is 19.6 Å². The number of amides is 5.